The molecule has 1 aromatic carbocycles. The van der Waals surface area contributed by atoms with E-state index in [0.29, 0.717) is 0 Å². The third kappa shape index (κ3) is 83.4. The van der Waals surface area contributed by atoms with E-state index in [1.165, 1.54) is 0 Å². The molecule has 20 heavy (non-hydrogen) atoms. The summed E-state index contributed by atoms with van der Waals surface area (Å²) in [5, 5.41) is 28.6. The first-order valence-electron chi connectivity index (χ1n) is 6.44. The van der Waals surface area contributed by atoms with Crippen molar-refractivity contribution in [3.05, 3.63) is 42.8 Å². The quantitative estimate of drug-likeness (QED) is 0.532. The summed E-state index contributed by atoms with van der Waals surface area (Å²) in [5.41, 5.74) is 1.07. The summed E-state index contributed by atoms with van der Waals surface area (Å²) in [5.74, 6) is 0. The molecule has 0 aliphatic rings. The standard InChI is InChI=1S/C7H7.3C3H7O.Ti/c1-7-5-3-2-4-6-7;3*1-3(2)4;/h2-6H,1H2;3*3H,1-2H3;/q4*-1;+4. The van der Waals surface area contributed by atoms with Crippen LogP contribution in [0.1, 0.15) is 47.1 Å². The van der Waals surface area contributed by atoms with E-state index in [2.05, 4.69) is 6.92 Å². The van der Waals surface area contributed by atoms with E-state index in [-0.39, 0.29) is 21.7 Å². The molecular weight excluding hydrogens is 288 g/mol. The van der Waals surface area contributed by atoms with Gasteiger partial charge in [0.05, 0.1) is 0 Å². The Morgan fingerprint density at radius 2 is 0.900 bits per heavy atom. The summed E-state index contributed by atoms with van der Waals surface area (Å²) in [6, 6.07) is 9.87. The minimum absolute atomic E-state index is 0. The number of benzene rings is 1. The smallest absolute Gasteiger partial charge is 0.852 e. The molecule has 0 saturated heterocycles. The molecule has 0 amide bonds. The van der Waals surface area contributed by atoms with Crippen molar-refractivity contribution in [1.29, 1.82) is 0 Å². The van der Waals surface area contributed by atoms with Gasteiger partial charge in [-0.3, -0.25) is 0 Å². The van der Waals surface area contributed by atoms with Gasteiger partial charge < -0.3 is 15.3 Å². The van der Waals surface area contributed by atoms with Crippen LogP contribution >= 0.6 is 0 Å². The first-order valence-corrected chi connectivity index (χ1v) is 6.44. The van der Waals surface area contributed by atoms with Crippen LogP contribution in [0.25, 0.3) is 0 Å². The molecule has 0 saturated carbocycles. The van der Waals surface area contributed by atoms with E-state index >= 15 is 0 Å². The van der Waals surface area contributed by atoms with Crippen LogP contribution in [0, 0.1) is 6.92 Å². The van der Waals surface area contributed by atoms with Gasteiger partial charge in [0.25, 0.3) is 0 Å². The van der Waals surface area contributed by atoms with Crippen LogP contribution in [0.5, 0.6) is 0 Å². The molecule has 0 unspecified atom stereocenters. The molecule has 0 spiro atoms. The monoisotopic (exact) mass is 316 g/mol. The maximum absolute atomic E-state index is 9.53. The molecule has 0 aliphatic heterocycles. The maximum Gasteiger partial charge on any atom is 4.00 e. The average Bonchev–Trinajstić information content (AvgIpc) is 2.15. The molecule has 0 aromatic heterocycles. The Bertz CT molecular complexity index is 227. The summed E-state index contributed by atoms with van der Waals surface area (Å²) in [6.45, 7) is 13.4. The van der Waals surface area contributed by atoms with Crippen molar-refractivity contribution < 1.29 is 37.0 Å². The number of hydrogen-bond acceptors (Lipinski definition) is 3. The zero-order valence-corrected chi connectivity index (χ0v) is 15.1. The van der Waals surface area contributed by atoms with E-state index < -0.39 is 18.3 Å². The van der Waals surface area contributed by atoms with Crippen LogP contribution in [0.3, 0.4) is 0 Å². The first kappa shape index (κ1) is 27.9. The fourth-order valence-corrected chi connectivity index (χ4v) is 0.478. The van der Waals surface area contributed by atoms with Crippen LogP contribution in [-0.4, -0.2) is 18.3 Å². The van der Waals surface area contributed by atoms with Crippen molar-refractivity contribution in [2.45, 2.75) is 59.9 Å². The molecule has 1 rings (SSSR count). The van der Waals surface area contributed by atoms with Crippen molar-refractivity contribution in [2.24, 2.45) is 0 Å². The van der Waals surface area contributed by atoms with Crippen molar-refractivity contribution in [3.8, 4) is 0 Å². The molecule has 0 aliphatic carbocycles. The Hall–Kier alpha value is -0.316. The molecule has 3 nitrogen and oxygen atoms in total. The molecule has 0 radical (unpaired) electrons. The molecule has 4 heteroatoms. The molecule has 114 valence electrons. The second-order valence-electron chi connectivity index (χ2n) is 4.63. The van der Waals surface area contributed by atoms with Crippen LogP contribution < -0.4 is 15.3 Å². The van der Waals surface area contributed by atoms with E-state index in [1.54, 1.807) is 41.5 Å². The maximum atomic E-state index is 9.53. The summed E-state index contributed by atoms with van der Waals surface area (Å²) in [4.78, 5) is 0. The number of hydrogen-bond donors (Lipinski definition) is 0. The molecule has 0 N–H and O–H groups in total. The van der Waals surface area contributed by atoms with Crippen molar-refractivity contribution in [2.75, 3.05) is 0 Å². The first-order chi connectivity index (χ1) is 8.59. The Morgan fingerprint density at radius 3 is 1.00 bits per heavy atom. The summed E-state index contributed by atoms with van der Waals surface area (Å²) in [6.07, 6.45) is -1.25. The second-order valence-corrected chi connectivity index (χ2v) is 4.63. The van der Waals surface area contributed by atoms with Crippen molar-refractivity contribution in [1.82, 2.24) is 0 Å². The summed E-state index contributed by atoms with van der Waals surface area (Å²) < 4.78 is 0. The van der Waals surface area contributed by atoms with Crippen LogP contribution in [0.4, 0.5) is 0 Å². The minimum Gasteiger partial charge on any atom is -0.852 e. The van der Waals surface area contributed by atoms with E-state index in [0.717, 1.165) is 5.56 Å². The third-order valence-corrected chi connectivity index (χ3v) is 0.843. The van der Waals surface area contributed by atoms with E-state index in [4.69, 9.17) is 0 Å². The normalized spacial score (nSPS) is 8.40. The van der Waals surface area contributed by atoms with Gasteiger partial charge in [-0.1, -0.05) is 47.6 Å². The molecule has 0 bridgehead atoms. The molecule has 0 heterocycles. The van der Waals surface area contributed by atoms with Gasteiger partial charge in [0.2, 0.25) is 0 Å². The van der Waals surface area contributed by atoms with Gasteiger partial charge in [-0.05, 0) is 0 Å². The minimum atomic E-state index is -0.417. The average molecular weight is 316 g/mol. The van der Waals surface area contributed by atoms with Crippen LogP contribution in [0.15, 0.2) is 30.3 Å². The molecular formula is C16H28O3Ti. The summed E-state index contributed by atoms with van der Waals surface area (Å²) >= 11 is 0. The van der Waals surface area contributed by atoms with Gasteiger partial charge in [0.1, 0.15) is 0 Å². The zero-order valence-electron chi connectivity index (χ0n) is 13.6. The zero-order chi connectivity index (χ0) is 15.8. The van der Waals surface area contributed by atoms with Gasteiger partial charge in [-0.2, -0.15) is 24.6 Å². The SMILES string of the molecule is CC(C)[O-].CC(C)[O-].CC(C)[O-].[CH2-]c1ccccc1.[Ti+4]. The predicted molar refractivity (Wildman–Crippen MR) is 76.3 cm³/mol. The van der Waals surface area contributed by atoms with Crippen LogP contribution in [-0.2, 0) is 21.7 Å². The fourth-order valence-electron chi connectivity index (χ4n) is 0.478. The van der Waals surface area contributed by atoms with Gasteiger partial charge in [0.15, 0.2) is 0 Å². The van der Waals surface area contributed by atoms with Gasteiger partial charge in [0, 0.05) is 0 Å². The Kier molecular flexibility index (Phi) is 29.3. The predicted octanol–water partition coefficient (Wildman–Crippen LogP) is 1.13. The third-order valence-electron chi connectivity index (χ3n) is 0.843. The summed E-state index contributed by atoms with van der Waals surface area (Å²) in [7, 11) is 0. The van der Waals surface area contributed by atoms with Gasteiger partial charge in [-0.25, -0.2) is 0 Å². The second kappa shape index (κ2) is 21.0. The molecule has 0 fully saturated rings. The van der Waals surface area contributed by atoms with Gasteiger partial charge in [-0.15, -0.1) is 30.4 Å². The Morgan fingerprint density at radius 1 is 0.700 bits per heavy atom. The number of rotatable bonds is 0. The van der Waals surface area contributed by atoms with Gasteiger partial charge >= 0.3 is 21.7 Å². The Balaban J connectivity index is -0.0000000881. The van der Waals surface area contributed by atoms with Crippen LogP contribution in [0.2, 0.25) is 0 Å². The molecule has 0 atom stereocenters. The largest absolute Gasteiger partial charge is 4.00 e. The van der Waals surface area contributed by atoms with E-state index in [9.17, 15) is 15.3 Å². The van der Waals surface area contributed by atoms with E-state index in [1.807, 2.05) is 30.3 Å². The Labute approximate surface area is 139 Å². The van der Waals surface area contributed by atoms with Crippen molar-refractivity contribution >= 4 is 0 Å². The van der Waals surface area contributed by atoms with Crippen molar-refractivity contribution in [3.63, 3.8) is 0 Å². The topological polar surface area (TPSA) is 69.2 Å². The fraction of sp³-hybridized carbons (Fsp3) is 0.562. The molecule has 1 aromatic rings.